The summed E-state index contributed by atoms with van der Waals surface area (Å²) in [6.45, 7) is 6.51. The van der Waals surface area contributed by atoms with E-state index in [0.29, 0.717) is 0 Å². The minimum absolute atomic E-state index is 0.243. The maximum Gasteiger partial charge on any atom is 0.125 e. The zero-order chi connectivity index (χ0) is 13.0. The Labute approximate surface area is 109 Å². The highest BCUT2D eigenvalue weighted by atomic mass is 16.3. The predicted molar refractivity (Wildman–Crippen MR) is 75.9 cm³/mol. The van der Waals surface area contributed by atoms with Crippen LogP contribution < -0.4 is 5.32 Å². The molecule has 0 amide bonds. The normalized spacial score (nSPS) is 12.4. The van der Waals surface area contributed by atoms with E-state index >= 15 is 0 Å². The minimum Gasteiger partial charge on any atom is -0.467 e. The molecular weight excluding hydrogens is 222 g/mol. The average molecular weight is 243 g/mol. The molecule has 0 spiro atoms. The lowest BCUT2D eigenvalue weighted by molar-refractivity contribution is 0.474. The van der Waals surface area contributed by atoms with Crippen LogP contribution in [0.4, 0.5) is 5.69 Å². The van der Waals surface area contributed by atoms with Gasteiger partial charge in [-0.1, -0.05) is 19.9 Å². The number of nitrogens with one attached hydrogen (secondary N) is 1. The molecule has 1 heterocycles. The van der Waals surface area contributed by atoms with Crippen LogP contribution >= 0.6 is 0 Å². The molecule has 1 N–H and O–H groups in total. The van der Waals surface area contributed by atoms with Crippen LogP contribution in [0.1, 0.15) is 43.2 Å². The van der Waals surface area contributed by atoms with Crippen LogP contribution in [-0.2, 0) is 6.42 Å². The van der Waals surface area contributed by atoms with E-state index in [1.807, 2.05) is 12.1 Å². The smallest absolute Gasteiger partial charge is 0.125 e. The molecular formula is C16H21NO. The van der Waals surface area contributed by atoms with Crippen molar-refractivity contribution in [1.82, 2.24) is 0 Å². The fraction of sp³-hybridized carbons (Fsp3) is 0.375. The van der Waals surface area contributed by atoms with E-state index in [2.05, 4.69) is 44.3 Å². The van der Waals surface area contributed by atoms with E-state index in [1.165, 1.54) is 16.8 Å². The van der Waals surface area contributed by atoms with Gasteiger partial charge in [-0.25, -0.2) is 0 Å². The fourth-order valence-electron chi connectivity index (χ4n) is 2.21. The Morgan fingerprint density at radius 1 is 1.22 bits per heavy atom. The number of rotatable bonds is 5. The number of hydrogen-bond acceptors (Lipinski definition) is 2. The highest BCUT2D eigenvalue weighted by Gasteiger charge is 2.11. The van der Waals surface area contributed by atoms with E-state index in [9.17, 15) is 0 Å². The molecule has 1 aromatic heterocycles. The summed E-state index contributed by atoms with van der Waals surface area (Å²) in [4.78, 5) is 0. The Morgan fingerprint density at radius 3 is 2.67 bits per heavy atom. The van der Waals surface area contributed by atoms with Gasteiger partial charge in [0.2, 0.25) is 0 Å². The topological polar surface area (TPSA) is 25.2 Å². The molecule has 2 heteroatoms. The molecule has 1 atom stereocenters. The molecule has 1 aromatic carbocycles. The first-order chi connectivity index (χ1) is 8.74. The maximum atomic E-state index is 5.48. The van der Waals surface area contributed by atoms with Crippen LogP contribution in [0.2, 0.25) is 0 Å². The Hall–Kier alpha value is -1.70. The van der Waals surface area contributed by atoms with Gasteiger partial charge in [-0.15, -0.1) is 0 Å². The van der Waals surface area contributed by atoms with Gasteiger partial charge in [0.05, 0.1) is 12.3 Å². The quantitative estimate of drug-likeness (QED) is 0.822. The molecule has 0 aliphatic rings. The number of benzene rings is 1. The third kappa shape index (κ3) is 2.76. The Balaban J connectivity index is 2.17. The Bertz CT molecular complexity index is 488. The standard InChI is InChI=1S/C16H21NO/c1-4-13-11-14(9-8-12(13)3)17-15(5-2)16-7-6-10-18-16/h6-11,15,17H,4-5H2,1-3H3. The molecule has 96 valence electrons. The summed E-state index contributed by atoms with van der Waals surface area (Å²) in [6.07, 6.45) is 3.80. The number of aryl methyl sites for hydroxylation is 2. The van der Waals surface area contributed by atoms with Crippen LogP contribution in [-0.4, -0.2) is 0 Å². The van der Waals surface area contributed by atoms with Crippen molar-refractivity contribution in [3.63, 3.8) is 0 Å². The second-order valence-electron chi connectivity index (χ2n) is 4.62. The SMILES string of the molecule is CCc1cc(NC(CC)c2ccco2)ccc1C. The van der Waals surface area contributed by atoms with Crippen molar-refractivity contribution in [3.05, 3.63) is 53.5 Å². The zero-order valence-electron chi connectivity index (χ0n) is 11.4. The third-order valence-corrected chi connectivity index (χ3v) is 3.37. The molecule has 0 bridgehead atoms. The maximum absolute atomic E-state index is 5.48. The van der Waals surface area contributed by atoms with Gasteiger partial charge in [-0.3, -0.25) is 0 Å². The first kappa shape index (κ1) is 12.7. The van der Waals surface area contributed by atoms with E-state index in [0.717, 1.165) is 18.6 Å². The molecule has 0 aliphatic heterocycles. The molecule has 0 fully saturated rings. The van der Waals surface area contributed by atoms with E-state index in [1.54, 1.807) is 6.26 Å². The highest BCUT2D eigenvalue weighted by molar-refractivity contribution is 5.49. The molecule has 1 unspecified atom stereocenters. The number of anilines is 1. The van der Waals surface area contributed by atoms with Crippen molar-refractivity contribution in [2.45, 2.75) is 39.7 Å². The average Bonchev–Trinajstić information content (AvgIpc) is 2.91. The lowest BCUT2D eigenvalue weighted by atomic mass is 10.0. The fourth-order valence-corrected chi connectivity index (χ4v) is 2.21. The summed E-state index contributed by atoms with van der Waals surface area (Å²) in [7, 11) is 0. The molecule has 0 saturated heterocycles. The summed E-state index contributed by atoms with van der Waals surface area (Å²) in [5.41, 5.74) is 3.92. The summed E-state index contributed by atoms with van der Waals surface area (Å²) >= 11 is 0. The summed E-state index contributed by atoms with van der Waals surface area (Å²) < 4.78 is 5.48. The summed E-state index contributed by atoms with van der Waals surface area (Å²) in [5, 5.41) is 3.54. The van der Waals surface area contributed by atoms with Crippen molar-refractivity contribution < 1.29 is 4.42 Å². The van der Waals surface area contributed by atoms with Gasteiger partial charge in [0.1, 0.15) is 5.76 Å². The largest absolute Gasteiger partial charge is 0.467 e. The van der Waals surface area contributed by atoms with Gasteiger partial charge in [-0.2, -0.15) is 0 Å². The second-order valence-corrected chi connectivity index (χ2v) is 4.62. The van der Waals surface area contributed by atoms with Crippen molar-refractivity contribution in [2.24, 2.45) is 0 Å². The lowest BCUT2D eigenvalue weighted by Crippen LogP contribution is -2.09. The molecule has 0 aliphatic carbocycles. The zero-order valence-corrected chi connectivity index (χ0v) is 11.4. The van der Waals surface area contributed by atoms with Gasteiger partial charge >= 0.3 is 0 Å². The second kappa shape index (κ2) is 5.76. The Kier molecular flexibility index (Phi) is 4.08. The van der Waals surface area contributed by atoms with Crippen LogP contribution in [0.3, 0.4) is 0 Å². The monoisotopic (exact) mass is 243 g/mol. The molecule has 2 rings (SSSR count). The van der Waals surface area contributed by atoms with E-state index < -0.39 is 0 Å². The van der Waals surface area contributed by atoms with Crippen molar-refractivity contribution in [2.75, 3.05) is 5.32 Å². The number of hydrogen-bond donors (Lipinski definition) is 1. The first-order valence-corrected chi connectivity index (χ1v) is 6.64. The van der Waals surface area contributed by atoms with Crippen molar-refractivity contribution in [1.29, 1.82) is 0 Å². The highest BCUT2D eigenvalue weighted by Crippen LogP contribution is 2.24. The molecule has 2 aromatic rings. The van der Waals surface area contributed by atoms with Gasteiger partial charge in [0.15, 0.2) is 0 Å². The third-order valence-electron chi connectivity index (χ3n) is 3.37. The molecule has 0 radical (unpaired) electrons. The van der Waals surface area contributed by atoms with Gasteiger partial charge in [-0.05, 0) is 55.2 Å². The van der Waals surface area contributed by atoms with E-state index in [4.69, 9.17) is 4.42 Å². The predicted octanol–water partition coefficient (Wildman–Crippen LogP) is 4.71. The lowest BCUT2D eigenvalue weighted by Gasteiger charge is -2.17. The summed E-state index contributed by atoms with van der Waals surface area (Å²) in [6, 6.07) is 10.8. The van der Waals surface area contributed by atoms with Gasteiger partial charge in [0, 0.05) is 5.69 Å². The molecule has 18 heavy (non-hydrogen) atoms. The first-order valence-electron chi connectivity index (χ1n) is 6.64. The van der Waals surface area contributed by atoms with Gasteiger partial charge < -0.3 is 9.73 Å². The van der Waals surface area contributed by atoms with Crippen LogP contribution in [0.15, 0.2) is 41.0 Å². The van der Waals surface area contributed by atoms with E-state index in [-0.39, 0.29) is 6.04 Å². The van der Waals surface area contributed by atoms with Crippen LogP contribution in [0.5, 0.6) is 0 Å². The van der Waals surface area contributed by atoms with Crippen LogP contribution in [0.25, 0.3) is 0 Å². The number of furan rings is 1. The summed E-state index contributed by atoms with van der Waals surface area (Å²) in [5.74, 6) is 0.996. The van der Waals surface area contributed by atoms with Crippen molar-refractivity contribution in [3.8, 4) is 0 Å². The Morgan fingerprint density at radius 2 is 2.06 bits per heavy atom. The molecule has 0 saturated carbocycles. The minimum atomic E-state index is 0.243. The van der Waals surface area contributed by atoms with Crippen LogP contribution in [0, 0.1) is 6.92 Å². The van der Waals surface area contributed by atoms with Crippen molar-refractivity contribution >= 4 is 5.69 Å². The molecule has 2 nitrogen and oxygen atoms in total. The van der Waals surface area contributed by atoms with Gasteiger partial charge in [0.25, 0.3) is 0 Å².